The monoisotopic (exact) mass is 372 g/mol. The second kappa shape index (κ2) is 6.67. The number of rotatable bonds is 4. The van der Waals surface area contributed by atoms with E-state index in [2.05, 4.69) is 15.8 Å². The van der Waals surface area contributed by atoms with E-state index in [-0.39, 0.29) is 0 Å². The van der Waals surface area contributed by atoms with Crippen LogP contribution in [0.15, 0.2) is 45.6 Å². The molecule has 3 rings (SSSR count). The molecule has 0 saturated carbocycles. The molecule has 0 aliphatic heterocycles. The topological polar surface area (TPSA) is 24.9 Å². The minimum Gasteiger partial charge on any atom is -0.326 e. The van der Waals surface area contributed by atoms with Gasteiger partial charge >= 0.3 is 0 Å². The summed E-state index contributed by atoms with van der Waals surface area (Å²) >= 11 is 16.9. The van der Waals surface area contributed by atoms with E-state index in [0.29, 0.717) is 10.0 Å². The molecule has 0 aliphatic carbocycles. The van der Waals surface area contributed by atoms with Crippen molar-refractivity contribution in [3.63, 3.8) is 0 Å². The molecule has 0 spiro atoms. The number of anilines is 1. The van der Waals surface area contributed by atoms with E-state index in [1.165, 1.54) is 16.6 Å². The molecule has 2 aromatic carbocycles. The molecule has 3 aromatic rings. The molecule has 1 N–H and O–H groups in total. The number of nitrogens with zero attached hydrogens (tertiary/aromatic N) is 1. The van der Waals surface area contributed by atoms with Crippen LogP contribution in [0.25, 0.3) is 10.2 Å². The average Bonchev–Trinajstić information content (AvgIpc) is 2.88. The minimum absolute atomic E-state index is 0.639. The lowest BCUT2D eigenvalue weighted by Gasteiger charge is -2.07. The predicted molar refractivity (Wildman–Crippen MR) is 97.3 cm³/mol. The van der Waals surface area contributed by atoms with Crippen LogP contribution in [0.3, 0.4) is 0 Å². The fourth-order valence-electron chi connectivity index (χ4n) is 1.73. The minimum atomic E-state index is 0.639. The summed E-state index contributed by atoms with van der Waals surface area (Å²) in [6, 6.07) is 11.6. The number of aromatic nitrogens is 1. The van der Waals surface area contributed by atoms with Gasteiger partial charge in [0.2, 0.25) is 0 Å². The summed E-state index contributed by atoms with van der Waals surface area (Å²) in [6.07, 6.45) is 2.04. The summed E-state index contributed by atoms with van der Waals surface area (Å²) in [5.41, 5.74) is 2.05. The second-order valence-corrected chi connectivity index (χ2v) is 7.92. The SMILES string of the molecule is CSc1nc2ccc(NSc3ccc(Cl)cc3Cl)cc2s1. The van der Waals surface area contributed by atoms with E-state index < -0.39 is 0 Å². The molecule has 7 heteroatoms. The van der Waals surface area contributed by atoms with Gasteiger partial charge in [0.1, 0.15) is 0 Å². The van der Waals surface area contributed by atoms with Crippen molar-refractivity contribution in [1.29, 1.82) is 0 Å². The Morgan fingerprint density at radius 2 is 2.00 bits per heavy atom. The number of halogens is 2. The van der Waals surface area contributed by atoms with Crippen LogP contribution in [-0.4, -0.2) is 11.2 Å². The van der Waals surface area contributed by atoms with Gasteiger partial charge in [0.15, 0.2) is 4.34 Å². The summed E-state index contributed by atoms with van der Waals surface area (Å²) in [7, 11) is 0. The van der Waals surface area contributed by atoms with Gasteiger partial charge in [-0.1, -0.05) is 35.0 Å². The van der Waals surface area contributed by atoms with Crippen LogP contribution in [0.2, 0.25) is 10.0 Å². The van der Waals surface area contributed by atoms with Crippen LogP contribution < -0.4 is 4.72 Å². The zero-order valence-electron chi connectivity index (χ0n) is 10.9. The van der Waals surface area contributed by atoms with Crippen molar-refractivity contribution in [3.05, 3.63) is 46.4 Å². The van der Waals surface area contributed by atoms with E-state index in [9.17, 15) is 0 Å². The summed E-state index contributed by atoms with van der Waals surface area (Å²) < 4.78 is 5.55. The fraction of sp³-hybridized carbons (Fsp3) is 0.0714. The Kier molecular flexibility index (Phi) is 4.86. The van der Waals surface area contributed by atoms with Gasteiger partial charge in [0.25, 0.3) is 0 Å². The molecule has 1 heterocycles. The summed E-state index contributed by atoms with van der Waals surface area (Å²) in [5.74, 6) is 0. The van der Waals surface area contributed by atoms with Crippen LogP contribution in [0.4, 0.5) is 5.69 Å². The maximum Gasteiger partial charge on any atom is 0.150 e. The molecule has 1 aromatic heterocycles. The normalized spacial score (nSPS) is 11.0. The molecule has 2 nitrogen and oxygen atoms in total. The Balaban J connectivity index is 1.78. The van der Waals surface area contributed by atoms with E-state index in [1.54, 1.807) is 29.2 Å². The zero-order valence-corrected chi connectivity index (χ0v) is 14.9. The third-order valence-electron chi connectivity index (χ3n) is 2.72. The highest BCUT2D eigenvalue weighted by Gasteiger charge is 2.06. The highest BCUT2D eigenvalue weighted by molar-refractivity contribution is 8.00. The largest absolute Gasteiger partial charge is 0.326 e. The molecule has 0 bridgehead atoms. The van der Waals surface area contributed by atoms with Gasteiger partial charge in [-0.05, 0) is 54.6 Å². The van der Waals surface area contributed by atoms with E-state index >= 15 is 0 Å². The maximum atomic E-state index is 6.16. The van der Waals surface area contributed by atoms with Crippen LogP contribution in [0, 0.1) is 0 Å². The Hall–Kier alpha value is -0.590. The van der Waals surface area contributed by atoms with Crippen molar-refractivity contribution >= 4 is 74.2 Å². The van der Waals surface area contributed by atoms with E-state index in [0.717, 1.165) is 20.4 Å². The summed E-state index contributed by atoms with van der Waals surface area (Å²) in [6.45, 7) is 0. The van der Waals surface area contributed by atoms with Gasteiger partial charge in [0.05, 0.1) is 15.2 Å². The molecule has 0 fully saturated rings. The molecule has 0 amide bonds. The smallest absolute Gasteiger partial charge is 0.150 e. The van der Waals surface area contributed by atoms with Gasteiger partial charge in [-0.2, -0.15) is 0 Å². The van der Waals surface area contributed by atoms with Gasteiger partial charge < -0.3 is 4.72 Å². The zero-order chi connectivity index (χ0) is 14.8. The molecule has 0 saturated heterocycles. The maximum absolute atomic E-state index is 6.16. The number of thiazole rings is 1. The Morgan fingerprint density at radius 1 is 1.14 bits per heavy atom. The van der Waals surface area contributed by atoms with Crippen molar-refractivity contribution in [3.8, 4) is 0 Å². The van der Waals surface area contributed by atoms with Crippen molar-refractivity contribution in [2.45, 2.75) is 9.24 Å². The first-order valence-corrected chi connectivity index (χ1v) is 9.59. The predicted octanol–water partition coefficient (Wildman–Crippen LogP) is 6.44. The van der Waals surface area contributed by atoms with Crippen LogP contribution in [0.5, 0.6) is 0 Å². The number of hydrogen-bond acceptors (Lipinski definition) is 5. The van der Waals surface area contributed by atoms with Crippen molar-refractivity contribution in [2.75, 3.05) is 11.0 Å². The molecule has 108 valence electrons. The molecule has 0 unspecified atom stereocenters. The number of hydrogen-bond donors (Lipinski definition) is 1. The van der Waals surface area contributed by atoms with Gasteiger partial charge in [-0.15, -0.1) is 11.3 Å². The number of thioether (sulfide) groups is 1. The molecule has 0 aliphatic rings. The van der Waals surface area contributed by atoms with Gasteiger partial charge in [-0.3, -0.25) is 0 Å². The molecule has 0 atom stereocenters. The molecule has 0 radical (unpaired) electrons. The van der Waals surface area contributed by atoms with Crippen LogP contribution >= 0.6 is 58.2 Å². The molecular weight excluding hydrogens is 363 g/mol. The Bertz CT molecular complexity index is 789. The Morgan fingerprint density at radius 3 is 2.76 bits per heavy atom. The second-order valence-electron chi connectivity index (χ2n) is 4.15. The Labute approximate surface area is 145 Å². The third-order valence-corrected chi connectivity index (χ3v) is 6.29. The van der Waals surface area contributed by atoms with Crippen molar-refractivity contribution < 1.29 is 0 Å². The lowest BCUT2D eigenvalue weighted by atomic mass is 10.3. The standard InChI is InChI=1S/C14H10Cl2N2S3/c1-19-14-17-11-4-3-9(7-13(11)20-14)18-21-12-5-2-8(15)6-10(12)16/h2-7,18H,1H3. The number of benzene rings is 2. The van der Waals surface area contributed by atoms with Gasteiger partial charge in [-0.25, -0.2) is 4.98 Å². The molecular formula is C14H10Cl2N2S3. The van der Waals surface area contributed by atoms with E-state index in [1.807, 2.05) is 30.5 Å². The summed E-state index contributed by atoms with van der Waals surface area (Å²) in [4.78, 5) is 5.47. The summed E-state index contributed by atoms with van der Waals surface area (Å²) in [5, 5.41) is 1.28. The van der Waals surface area contributed by atoms with Gasteiger partial charge in [0, 0.05) is 15.6 Å². The third kappa shape index (κ3) is 3.60. The lowest BCUT2D eigenvalue weighted by Crippen LogP contribution is -1.87. The number of nitrogens with one attached hydrogen (secondary N) is 1. The van der Waals surface area contributed by atoms with E-state index in [4.69, 9.17) is 23.2 Å². The highest BCUT2D eigenvalue weighted by atomic mass is 35.5. The van der Waals surface area contributed by atoms with Crippen LogP contribution in [-0.2, 0) is 0 Å². The van der Waals surface area contributed by atoms with Crippen LogP contribution in [0.1, 0.15) is 0 Å². The first-order valence-electron chi connectivity index (χ1n) is 5.98. The van der Waals surface area contributed by atoms with Crippen molar-refractivity contribution in [2.24, 2.45) is 0 Å². The first-order chi connectivity index (χ1) is 10.2. The first kappa shape index (κ1) is 15.3. The highest BCUT2D eigenvalue weighted by Crippen LogP contribution is 2.33. The molecule has 21 heavy (non-hydrogen) atoms. The quantitative estimate of drug-likeness (QED) is 0.420. The average molecular weight is 373 g/mol. The van der Waals surface area contributed by atoms with Crippen molar-refractivity contribution in [1.82, 2.24) is 4.98 Å². The lowest BCUT2D eigenvalue weighted by molar-refractivity contribution is 1.31. The number of fused-ring (bicyclic) bond motifs is 1. The fourth-order valence-corrected chi connectivity index (χ4v) is 4.43.